The molecular weight excluding hydrogens is 636 g/mol. The first-order chi connectivity index (χ1) is 23.7. The van der Waals surface area contributed by atoms with Crippen LogP contribution in [0.4, 0.5) is 14.6 Å². The van der Waals surface area contributed by atoms with Gasteiger partial charge in [-0.05, 0) is 61.2 Å². The highest BCUT2D eigenvalue weighted by atomic mass is 19.2. The molecule has 1 N–H and O–H groups in total. The molecule has 1 aliphatic rings. The number of benzene rings is 2. The molecule has 0 unspecified atom stereocenters. The Hall–Kier alpha value is -5.50. The summed E-state index contributed by atoms with van der Waals surface area (Å²) in [6, 6.07) is 13.6. The molecule has 14 heteroatoms. The molecule has 0 radical (unpaired) electrons. The van der Waals surface area contributed by atoms with Crippen LogP contribution < -0.4 is 16.1 Å². The highest BCUT2D eigenvalue weighted by Gasteiger charge is 2.26. The van der Waals surface area contributed by atoms with Crippen molar-refractivity contribution in [3.63, 3.8) is 0 Å². The first-order valence-electron chi connectivity index (χ1n) is 16.0. The van der Waals surface area contributed by atoms with Gasteiger partial charge in [0, 0.05) is 56.2 Å². The van der Waals surface area contributed by atoms with Crippen LogP contribution in [0.5, 0.6) is 0 Å². The van der Waals surface area contributed by atoms with Gasteiger partial charge in [-0.2, -0.15) is 0 Å². The van der Waals surface area contributed by atoms with Crippen molar-refractivity contribution in [2.75, 3.05) is 38.3 Å². The van der Waals surface area contributed by atoms with Gasteiger partial charge in [0.25, 0.3) is 17.4 Å². The fraction of sp³-hybridized carbons (Fsp3) is 0.314. The minimum absolute atomic E-state index is 0.0660. The van der Waals surface area contributed by atoms with Crippen molar-refractivity contribution < 1.29 is 23.1 Å². The second-order valence-electron chi connectivity index (χ2n) is 11.7. The van der Waals surface area contributed by atoms with E-state index < -0.39 is 28.8 Å². The van der Waals surface area contributed by atoms with Gasteiger partial charge in [0.15, 0.2) is 17.3 Å². The maximum Gasteiger partial charge on any atom is 0.332 e. The third kappa shape index (κ3) is 6.64. The molecule has 0 bridgehead atoms. The van der Waals surface area contributed by atoms with E-state index in [1.54, 1.807) is 23.1 Å². The zero-order valence-corrected chi connectivity index (χ0v) is 27.1. The smallest absolute Gasteiger partial charge is 0.332 e. The molecule has 0 atom stereocenters. The highest BCUT2D eigenvalue weighted by molar-refractivity contribution is 6.05. The summed E-state index contributed by atoms with van der Waals surface area (Å²) in [4.78, 5) is 68.4. The number of hydrogen-bond donors (Lipinski definition) is 1. The number of aromatic nitrogens is 5. The average molecular weight is 672 g/mol. The Kier molecular flexibility index (Phi) is 9.76. The van der Waals surface area contributed by atoms with E-state index in [4.69, 9.17) is 4.74 Å². The number of aromatic amines is 1. The number of methoxy groups -OCH3 is 1. The van der Waals surface area contributed by atoms with Crippen molar-refractivity contribution in [2.45, 2.75) is 39.3 Å². The van der Waals surface area contributed by atoms with E-state index in [0.717, 1.165) is 28.7 Å². The first-order valence-corrected chi connectivity index (χ1v) is 16.0. The zero-order valence-electron chi connectivity index (χ0n) is 27.1. The van der Waals surface area contributed by atoms with Crippen molar-refractivity contribution in [1.82, 2.24) is 29.0 Å². The van der Waals surface area contributed by atoms with Crippen molar-refractivity contribution in [3.8, 4) is 11.4 Å². The third-order valence-corrected chi connectivity index (χ3v) is 8.53. The Bertz CT molecular complexity index is 2140. The SMILES string of the molecule is CCCn1c(=O)n(CCOC)c(=O)c2[nH]c(-c3ccc(N(CCCN4CCc5ccccc5C4=O)C(=O)c4ccc(F)c(F)c4)nc3)nc21. The Morgan fingerprint density at radius 3 is 2.55 bits per heavy atom. The number of aryl methyl sites for hydroxylation is 1. The molecule has 5 aromatic rings. The lowest BCUT2D eigenvalue weighted by Crippen LogP contribution is -2.41. The summed E-state index contributed by atoms with van der Waals surface area (Å²) in [6.45, 7) is 3.57. The van der Waals surface area contributed by atoms with Gasteiger partial charge in [0.1, 0.15) is 17.2 Å². The summed E-state index contributed by atoms with van der Waals surface area (Å²) in [5.74, 6) is -2.38. The number of nitrogens with zero attached hydrogens (tertiary/aromatic N) is 6. The number of carbonyl (C=O) groups excluding carboxylic acids is 2. The van der Waals surface area contributed by atoms with Gasteiger partial charge in [-0.1, -0.05) is 25.1 Å². The maximum absolute atomic E-state index is 14.1. The number of halogens is 2. The first kappa shape index (κ1) is 33.4. The Labute approximate surface area is 279 Å². The largest absolute Gasteiger partial charge is 0.383 e. The van der Waals surface area contributed by atoms with E-state index >= 15 is 0 Å². The number of ether oxygens (including phenoxy) is 1. The van der Waals surface area contributed by atoms with Crippen molar-refractivity contribution >= 4 is 28.8 Å². The van der Waals surface area contributed by atoms with Gasteiger partial charge >= 0.3 is 5.69 Å². The Balaban J connectivity index is 1.29. The lowest BCUT2D eigenvalue weighted by Gasteiger charge is -2.29. The summed E-state index contributed by atoms with van der Waals surface area (Å²) in [5.41, 5.74) is 1.45. The fourth-order valence-corrected chi connectivity index (χ4v) is 6.01. The Morgan fingerprint density at radius 1 is 1.00 bits per heavy atom. The van der Waals surface area contributed by atoms with Gasteiger partial charge in [0.2, 0.25) is 0 Å². The lowest BCUT2D eigenvalue weighted by molar-refractivity contribution is 0.0738. The van der Waals surface area contributed by atoms with Crippen LogP contribution in [0.25, 0.3) is 22.6 Å². The van der Waals surface area contributed by atoms with Crippen molar-refractivity contribution in [1.29, 1.82) is 0 Å². The van der Waals surface area contributed by atoms with E-state index in [0.29, 0.717) is 49.4 Å². The molecule has 0 fully saturated rings. The predicted octanol–water partition coefficient (Wildman–Crippen LogP) is 4.02. The monoisotopic (exact) mass is 671 g/mol. The molecule has 4 heterocycles. The molecule has 2 amide bonds. The lowest BCUT2D eigenvalue weighted by atomic mass is 9.99. The molecular formula is C35H35F2N7O5. The van der Waals surface area contributed by atoms with Gasteiger partial charge in [-0.25, -0.2) is 23.5 Å². The van der Waals surface area contributed by atoms with Crippen LogP contribution >= 0.6 is 0 Å². The van der Waals surface area contributed by atoms with Crippen molar-refractivity contribution in [2.24, 2.45) is 0 Å². The number of amides is 2. The highest BCUT2D eigenvalue weighted by Crippen LogP contribution is 2.24. The number of anilines is 1. The molecule has 0 spiro atoms. The number of hydrogen-bond acceptors (Lipinski definition) is 7. The minimum atomic E-state index is -1.15. The van der Waals surface area contributed by atoms with E-state index in [9.17, 15) is 28.0 Å². The summed E-state index contributed by atoms with van der Waals surface area (Å²) in [6.07, 6.45) is 3.22. The number of H-pyrrole nitrogens is 1. The second-order valence-corrected chi connectivity index (χ2v) is 11.7. The molecule has 3 aromatic heterocycles. The van der Waals surface area contributed by atoms with Crippen LogP contribution in [0, 0.1) is 11.6 Å². The third-order valence-electron chi connectivity index (χ3n) is 8.53. The van der Waals surface area contributed by atoms with E-state index in [2.05, 4.69) is 15.0 Å². The van der Waals surface area contributed by atoms with E-state index in [-0.39, 0.29) is 48.1 Å². The van der Waals surface area contributed by atoms with Gasteiger partial charge in [0.05, 0.1) is 13.2 Å². The molecule has 49 heavy (non-hydrogen) atoms. The summed E-state index contributed by atoms with van der Waals surface area (Å²) < 4.78 is 35.5. The van der Waals surface area contributed by atoms with Crippen LogP contribution in [0.1, 0.15) is 46.0 Å². The maximum atomic E-state index is 14.1. The van der Waals surface area contributed by atoms with Crippen LogP contribution in [-0.4, -0.2) is 74.2 Å². The van der Waals surface area contributed by atoms with Crippen LogP contribution in [0.2, 0.25) is 0 Å². The number of fused-ring (bicyclic) bond motifs is 2. The van der Waals surface area contributed by atoms with Crippen molar-refractivity contribution in [3.05, 3.63) is 110 Å². The number of pyridine rings is 1. The fourth-order valence-electron chi connectivity index (χ4n) is 6.01. The predicted molar refractivity (Wildman–Crippen MR) is 179 cm³/mol. The Morgan fingerprint density at radius 2 is 1.82 bits per heavy atom. The molecule has 1 aliphatic heterocycles. The van der Waals surface area contributed by atoms with Gasteiger partial charge in [-0.15, -0.1) is 0 Å². The second kappa shape index (κ2) is 14.3. The molecule has 12 nitrogen and oxygen atoms in total. The summed E-state index contributed by atoms with van der Waals surface area (Å²) in [5, 5.41) is 0. The molecule has 2 aromatic carbocycles. The van der Waals surface area contributed by atoms with Crippen LogP contribution in [0.3, 0.4) is 0 Å². The number of rotatable bonds is 12. The number of carbonyl (C=O) groups is 2. The summed E-state index contributed by atoms with van der Waals surface area (Å²) in [7, 11) is 1.49. The topological polar surface area (TPSA) is 135 Å². The van der Waals surface area contributed by atoms with Gasteiger partial charge < -0.3 is 14.6 Å². The van der Waals surface area contributed by atoms with Crippen LogP contribution in [0.15, 0.2) is 70.4 Å². The summed E-state index contributed by atoms with van der Waals surface area (Å²) >= 11 is 0. The zero-order chi connectivity index (χ0) is 34.7. The van der Waals surface area contributed by atoms with E-state index in [1.165, 1.54) is 28.8 Å². The number of imidazole rings is 1. The minimum Gasteiger partial charge on any atom is -0.383 e. The van der Waals surface area contributed by atoms with E-state index in [1.807, 2.05) is 25.1 Å². The number of nitrogens with one attached hydrogen (secondary N) is 1. The molecule has 0 saturated heterocycles. The standard InChI is InChI=1S/C35H35F2N7O5/c1-3-14-43-31-29(34(47)44(35(43)48)18-19-49-2)39-30(40-31)24-10-12-28(38-21-24)42(32(45)23-9-11-26(36)27(37)20-23)16-6-15-41-17-13-22-7-4-5-8-25(22)33(41)46/h4-5,7-12,20-21H,3,6,13-19H2,1-2H3,(H,39,40). The average Bonchev–Trinajstić information content (AvgIpc) is 3.56. The molecule has 254 valence electrons. The quantitative estimate of drug-likeness (QED) is 0.212. The normalized spacial score (nSPS) is 12.8. The van der Waals surface area contributed by atoms with Crippen LogP contribution in [-0.2, 0) is 24.2 Å². The molecule has 0 aliphatic carbocycles. The molecule has 0 saturated carbocycles. The molecule has 6 rings (SSSR count). The van der Waals surface area contributed by atoms with Gasteiger partial charge in [-0.3, -0.25) is 28.4 Å².